The smallest absolute Gasteiger partial charge is 0.275 e. The van der Waals surface area contributed by atoms with Crippen molar-refractivity contribution in [2.45, 2.75) is 18.9 Å². The molecule has 0 bridgehead atoms. The largest absolute Gasteiger partial charge is 0.490 e. The molecule has 2 aromatic heterocycles. The van der Waals surface area contributed by atoms with Crippen molar-refractivity contribution < 1.29 is 9.53 Å². The molecule has 1 amide bonds. The first-order valence-electron chi connectivity index (χ1n) is 10.2. The molecule has 7 nitrogen and oxygen atoms in total. The van der Waals surface area contributed by atoms with Crippen LogP contribution >= 0.6 is 0 Å². The molecule has 0 spiro atoms. The van der Waals surface area contributed by atoms with Crippen LogP contribution in [-0.2, 0) is 4.79 Å². The maximum atomic E-state index is 12.5. The van der Waals surface area contributed by atoms with Crippen LogP contribution < -0.4 is 10.1 Å². The first-order valence-corrected chi connectivity index (χ1v) is 10.2. The molecule has 152 valence electrons. The predicted octanol–water partition coefficient (Wildman–Crippen LogP) is 2.95. The molecular weight excluding hydrogens is 378 g/mol. The molecule has 0 atom stereocenters. The Kier molecular flexibility index (Phi) is 4.80. The fourth-order valence-electron chi connectivity index (χ4n) is 3.86. The molecule has 1 aromatic carbocycles. The van der Waals surface area contributed by atoms with Crippen molar-refractivity contribution in [1.82, 2.24) is 20.2 Å². The normalized spacial score (nSPS) is 19.3. The Bertz CT molecular complexity index is 1160. The van der Waals surface area contributed by atoms with Crippen molar-refractivity contribution in [3.63, 3.8) is 0 Å². The van der Waals surface area contributed by atoms with Gasteiger partial charge in [-0.1, -0.05) is 12.1 Å². The minimum atomic E-state index is -0.218. The molecule has 7 heteroatoms. The number of aromatic nitrogens is 2. The Hall–Kier alpha value is -3.45. The molecule has 30 heavy (non-hydrogen) atoms. The SMILES string of the molecule is CN1CCC(Oc2cccc(C3=N/C(=C\c4c[nH]c5ncccc45)C(=O)N3)c2)CC1. The van der Waals surface area contributed by atoms with E-state index in [9.17, 15) is 4.79 Å². The fourth-order valence-corrected chi connectivity index (χ4v) is 3.86. The third-order valence-corrected chi connectivity index (χ3v) is 5.55. The fraction of sp³-hybridized carbons (Fsp3) is 0.261. The molecule has 0 saturated carbocycles. The summed E-state index contributed by atoms with van der Waals surface area (Å²) in [5.74, 6) is 1.13. The summed E-state index contributed by atoms with van der Waals surface area (Å²) in [5.41, 5.74) is 2.87. The van der Waals surface area contributed by atoms with Crippen LogP contribution in [0.1, 0.15) is 24.0 Å². The molecule has 2 N–H and O–H groups in total. The number of H-pyrrole nitrogens is 1. The van der Waals surface area contributed by atoms with Crippen LogP contribution in [0.2, 0.25) is 0 Å². The number of pyridine rings is 1. The van der Waals surface area contributed by atoms with Gasteiger partial charge in [0.25, 0.3) is 5.91 Å². The van der Waals surface area contributed by atoms with Crippen LogP contribution in [0.4, 0.5) is 0 Å². The summed E-state index contributed by atoms with van der Waals surface area (Å²) >= 11 is 0. The van der Waals surface area contributed by atoms with Crippen LogP contribution in [0, 0.1) is 0 Å². The highest BCUT2D eigenvalue weighted by Crippen LogP contribution is 2.23. The number of carbonyl (C=O) groups is 1. The molecule has 0 unspecified atom stereocenters. The maximum absolute atomic E-state index is 12.5. The maximum Gasteiger partial charge on any atom is 0.275 e. The van der Waals surface area contributed by atoms with Gasteiger partial charge < -0.3 is 19.9 Å². The van der Waals surface area contributed by atoms with E-state index in [1.165, 1.54) is 0 Å². The second-order valence-electron chi connectivity index (χ2n) is 7.74. The van der Waals surface area contributed by atoms with Crippen molar-refractivity contribution in [1.29, 1.82) is 0 Å². The Morgan fingerprint density at radius 2 is 2.07 bits per heavy atom. The standard InChI is InChI=1S/C23H23N5O2/c1-28-10-7-17(8-11-28)30-18-5-2-4-15(12-18)21-26-20(23(29)27-21)13-16-14-25-22-19(16)6-3-9-24-22/h2-6,9,12-14,17H,7-8,10-11H2,1H3,(H,24,25)(H,26,27,29)/b20-13-. The molecule has 3 aromatic rings. The number of amides is 1. The molecule has 5 rings (SSSR count). The third kappa shape index (κ3) is 3.71. The van der Waals surface area contributed by atoms with Gasteiger partial charge in [0.1, 0.15) is 29.0 Å². The van der Waals surface area contributed by atoms with Gasteiger partial charge in [0, 0.05) is 42.0 Å². The van der Waals surface area contributed by atoms with Gasteiger partial charge in [0.2, 0.25) is 0 Å². The van der Waals surface area contributed by atoms with Gasteiger partial charge in [-0.05, 0) is 50.2 Å². The zero-order valence-electron chi connectivity index (χ0n) is 16.8. The van der Waals surface area contributed by atoms with E-state index in [2.05, 4.69) is 32.2 Å². The van der Waals surface area contributed by atoms with E-state index in [0.717, 1.165) is 53.8 Å². The molecule has 4 heterocycles. The van der Waals surface area contributed by atoms with Crippen molar-refractivity contribution in [2.75, 3.05) is 20.1 Å². The summed E-state index contributed by atoms with van der Waals surface area (Å²) in [5, 5.41) is 3.83. The lowest BCUT2D eigenvalue weighted by Gasteiger charge is -2.29. The molecule has 0 aliphatic carbocycles. The number of piperidine rings is 1. The van der Waals surface area contributed by atoms with Gasteiger partial charge >= 0.3 is 0 Å². The molecule has 1 fully saturated rings. The van der Waals surface area contributed by atoms with Gasteiger partial charge in [-0.2, -0.15) is 0 Å². The molecular formula is C23H23N5O2. The zero-order valence-corrected chi connectivity index (χ0v) is 16.8. The molecule has 2 aliphatic heterocycles. The number of rotatable bonds is 4. The Morgan fingerprint density at radius 1 is 1.20 bits per heavy atom. The van der Waals surface area contributed by atoms with Crippen LogP contribution in [0.3, 0.4) is 0 Å². The Balaban J connectivity index is 1.38. The van der Waals surface area contributed by atoms with Gasteiger partial charge in [-0.3, -0.25) is 4.79 Å². The number of likely N-dealkylation sites (tertiary alicyclic amines) is 1. The van der Waals surface area contributed by atoms with Crippen LogP contribution in [0.15, 0.2) is 59.5 Å². The first-order chi connectivity index (χ1) is 14.7. The van der Waals surface area contributed by atoms with E-state index in [1.807, 2.05) is 42.6 Å². The number of ether oxygens (including phenoxy) is 1. The number of hydrogen-bond acceptors (Lipinski definition) is 5. The number of amidine groups is 1. The van der Waals surface area contributed by atoms with Gasteiger partial charge in [0.05, 0.1) is 0 Å². The van der Waals surface area contributed by atoms with Crippen LogP contribution in [0.5, 0.6) is 5.75 Å². The number of fused-ring (bicyclic) bond motifs is 1. The number of benzene rings is 1. The summed E-state index contributed by atoms with van der Waals surface area (Å²) in [6.45, 7) is 2.09. The second-order valence-corrected chi connectivity index (χ2v) is 7.74. The second kappa shape index (κ2) is 7.76. The number of hydrogen-bond donors (Lipinski definition) is 2. The Labute approximate surface area is 174 Å². The minimum Gasteiger partial charge on any atom is -0.490 e. The topological polar surface area (TPSA) is 82.6 Å². The van der Waals surface area contributed by atoms with Crippen LogP contribution in [0.25, 0.3) is 17.1 Å². The van der Waals surface area contributed by atoms with Gasteiger partial charge in [-0.15, -0.1) is 0 Å². The predicted molar refractivity (Wildman–Crippen MR) is 116 cm³/mol. The average molecular weight is 401 g/mol. The number of aromatic amines is 1. The van der Waals surface area contributed by atoms with E-state index in [-0.39, 0.29) is 12.0 Å². The summed E-state index contributed by atoms with van der Waals surface area (Å²) in [7, 11) is 2.13. The number of nitrogens with zero attached hydrogens (tertiary/aromatic N) is 3. The summed E-state index contributed by atoms with van der Waals surface area (Å²) < 4.78 is 6.17. The third-order valence-electron chi connectivity index (χ3n) is 5.55. The lowest BCUT2D eigenvalue weighted by Crippen LogP contribution is -2.35. The van der Waals surface area contributed by atoms with Crippen molar-refractivity contribution in [3.05, 3.63) is 65.6 Å². The van der Waals surface area contributed by atoms with E-state index in [1.54, 1.807) is 12.3 Å². The first kappa shape index (κ1) is 18.6. The lowest BCUT2D eigenvalue weighted by molar-refractivity contribution is -0.115. The Morgan fingerprint density at radius 3 is 2.93 bits per heavy atom. The van der Waals surface area contributed by atoms with E-state index in [0.29, 0.717) is 11.5 Å². The number of aliphatic imine (C=N–C) groups is 1. The summed E-state index contributed by atoms with van der Waals surface area (Å²) in [6.07, 6.45) is 7.61. The van der Waals surface area contributed by atoms with Gasteiger partial charge in [0.15, 0.2) is 0 Å². The average Bonchev–Trinajstić information content (AvgIpc) is 3.34. The van der Waals surface area contributed by atoms with Gasteiger partial charge in [-0.25, -0.2) is 9.98 Å². The molecule has 1 saturated heterocycles. The highest BCUT2D eigenvalue weighted by atomic mass is 16.5. The number of nitrogens with one attached hydrogen (secondary N) is 2. The monoisotopic (exact) mass is 401 g/mol. The van der Waals surface area contributed by atoms with Crippen LogP contribution in [-0.4, -0.2) is 52.9 Å². The minimum absolute atomic E-state index is 0.218. The zero-order chi connectivity index (χ0) is 20.5. The number of carbonyl (C=O) groups excluding carboxylic acids is 1. The highest BCUT2D eigenvalue weighted by molar-refractivity contribution is 6.20. The van der Waals surface area contributed by atoms with Crippen molar-refractivity contribution in [3.8, 4) is 5.75 Å². The van der Waals surface area contributed by atoms with E-state index in [4.69, 9.17) is 4.74 Å². The molecule has 2 aliphatic rings. The van der Waals surface area contributed by atoms with Crippen molar-refractivity contribution in [2.24, 2.45) is 4.99 Å². The summed E-state index contributed by atoms with van der Waals surface area (Å²) in [6, 6.07) is 11.6. The lowest BCUT2D eigenvalue weighted by atomic mass is 10.1. The quantitative estimate of drug-likeness (QED) is 0.659. The molecule has 0 radical (unpaired) electrons. The van der Waals surface area contributed by atoms with E-state index < -0.39 is 0 Å². The van der Waals surface area contributed by atoms with E-state index >= 15 is 0 Å². The van der Waals surface area contributed by atoms with Crippen molar-refractivity contribution >= 4 is 28.9 Å². The highest BCUT2D eigenvalue weighted by Gasteiger charge is 2.23. The summed E-state index contributed by atoms with van der Waals surface area (Å²) in [4.78, 5) is 26.7.